The van der Waals surface area contributed by atoms with Crippen LogP contribution in [0.2, 0.25) is 0 Å². The predicted molar refractivity (Wildman–Crippen MR) is 102 cm³/mol. The Kier molecular flexibility index (Phi) is 5.49. The van der Waals surface area contributed by atoms with Crippen molar-refractivity contribution in [1.82, 2.24) is 9.88 Å². The Balaban J connectivity index is 1.77. The maximum Gasteiger partial charge on any atom is 0.252 e. The number of carbonyl (C=O) groups excluding carboxylic acids is 2. The summed E-state index contributed by atoms with van der Waals surface area (Å²) in [4.78, 5) is 32.8. The molecule has 2 N–H and O–H groups in total. The second-order valence-electron chi connectivity index (χ2n) is 8.26. The summed E-state index contributed by atoms with van der Waals surface area (Å²) in [6.07, 6.45) is 6.45. The van der Waals surface area contributed by atoms with E-state index in [0.717, 1.165) is 51.9 Å². The topological polar surface area (TPSA) is 79.5 Å². The Morgan fingerprint density at radius 2 is 2.15 bits per heavy atom. The molecule has 2 aliphatic rings. The number of piperidine rings is 2. The van der Waals surface area contributed by atoms with Crippen molar-refractivity contribution in [1.29, 1.82) is 0 Å². The second-order valence-corrected chi connectivity index (χ2v) is 8.26. The molecule has 2 aliphatic heterocycles. The monoisotopic (exact) mass is 358 g/mol. The van der Waals surface area contributed by atoms with Gasteiger partial charge in [-0.25, -0.2) is 4.98 Å². The van der Waals surface area contributed by atoms with E-state index in [1.54, 1.807) is 18.3 Å². The summed E-state index contributed by atoms with van der Waals surface area (Å²) < 4.78 is 0. The highest BCUT2D eigenvalue weighted by atomic mass is 16.2. The van der Waals surface area contributed by atoms with Gasteiger partial charge in [-0.3, -0.25) is 9.59 Å². The molecule has 1 spiro atoms. The molecule has 0 aromatic carbocycles. The number of likely N-dealkylation sites (tertiary alicyclic amines) is 1. The molecule has 1 atom stereocenters. The van der Waals surface area contributed by atoms with E-state index < -0.39 is 5.91 Å². The highest BCUT2D eigenvalue weighted by molar-refractivity contribution is 5.97. The van der Waals surface area contributed by atoms with Crippen LogP contribution in [0.4, 0.5) is 5.82 Å². The van der Waals surface area contributed by atoms with Gasteiger partial charge in [-0.1, -0.05) is 13.8 Å². The van der Waals surface area contributed by atoms with Gasteiger partial charge in [0.05, 0.1) is 5.56 Å². The molecule has 1 aromatic rings. The summed E-state index contributed by atoms with van der Waals surface area (Å²) in [7, 11) is 0. The van der Waals surface area contributed by atoms with Gasteiger partial charge in [0, 0.05) is 44.2 Å². The fraction of sp³-hybridized carbons (Fsp3) is 0.650. The normalized spacial score (nSPS) is 23.7. The zero-order valence-corrected chi connectivity index (χ0v) is 15.9. The summed E-state index contributed by atoms with van der Waals surface area (Å²) >= 11 is 0. The molecule has 0 saturated carbocycles. The molecule has 3 heterocycles. The molecule has 0 aliphatic carbocycles. The molecule has 6 heteroatoms. The SMILES string of the molecule is CC(C)CCN1C[C@@]2(CCCN(c3ncccc3C(N)=O)C2)CCC1=O. The molecule has 2 saturated heterocycles. The van der Waals surface area contributed by atoms with Gasteiger partial charge in [0.25, 0.3) is 5.91 Å². The second kappa shape index (κ2) is 7.64. The van der Waals surface area contributed by atoms with Gasteiger partial charge in [-0.15, -0.1) is 0 Å². The van der Waals surface area contributed by atoms with Crippen LogP contribution in [0.3, 0.4) is 0 Å². The van der Waals surface area contributed by atoms with Crippen molar-refractivity contribution >= 4 is 17.6 Å². The lowest BCUT2D eigenvalue weighted by Crippen LogP contribution is -2.54. The third-order valence-electron chi connectivity index (χ3n) is 5.74. The van der Waals surface area contributed by atoms with E-state index in [1.165, 1.54) is 0 Å². The van der Waals surface area contributed by atoms with Crippen LogP contribution in [0, 0.1) is 11.3 Å². The van der Waals surface area contributed by atoms with Crippen LogP contribution >= 0.6 is 0 Å². The van der Waals surface area contributed by atoms with Crippen LogP contribution in [-0.4, -0.2) is 47.9 Å². The molecule has 0 bridgehead atoms. The molecular formula is C20H30N4O2. The summed E-state index contributed by atoms with van der Waals surface area (Å²) in [6.45, 7) is 7.74. The predicted octanol–water partition coefficient (Wildman–Crippen LogP) is 2.44. The largest absolute Gasteiger partial charge is 0.365 e. The van der Waals surface area contributed by atoms with Gasteiger partial charge < -0.3 is 15.5 Å². The number of primary amides is 1. The van der Waals surface area contributed by atoms with Crippen molar-refractivity contribution in [3.05, 3.63) is 23.9 Å². The number of amides is 2. The fourth-order valence-electron chi connectivity index (χ4n) is 4.28. The first-order valence-corrected chi connectivity index (χ1v) is 9.68. The summed E-state index contributed by atoms with van der Waals surface area (Å²) in [5, 5.41) is 0. The van der Waals surface area contributed by atoms with E-state index in [2.05, 4.69) is 28.6 Å². The molecule has 2 amide bonds. The first kappa shape index (κ1) is 18.7. The average molecular weight is 358 g/mol. The quantitative estimate of drug-likeness (QED) is 0.877. The maximum atomic E-state index is 12.4. The zero-order chi connectivity index (χ0) is 18.7. The molecule has 3 rings (SSSR count). The Morgan fingerprint density at radius 1 is 1.35 bits per heavy atom. The molecule has 0 unspecified atom stereocenters. The Hall–Kier alpha value is -2.11. The van der Waals surface area contributed by atoms with Gasteiger partial charge in [0.1, 0.15) is 5.82 Å². The van der Waals surface area contributed by atoms with Crippen molar-refractivity contribution in [2.75, 3.05) is 31.1 Å². The minimum absolute atomic E-state index is 0.0928. The minimum Gasteiger partial charge on any atom is -0.365 e. The number of anilines is 1. The van der Waals surface area contributed by atoms with Crippen molar-refractivity contribution < 1.29 is 9.59 Å². The van der Waals surface area contributed by atoms with Crippen molar-refractivity contribution in [2.24, 2.45) is 17.1 Å². The molecule has 26 heavy (non-hydrogen) atoms. The number of nitrogens with zero attached hydrogens (tertiary/aromatic N) is 3. The average Bonchev–Trinajstić information content (AvgIpc) is 2.63. The Morgan fingerprint density at radius 3 is 2.88 bits per heavy atom. The fourth-order valence-corrected chi connectivity index (χ4v) is 4.28. The molecular weight excluding hydrogens is 328 g/mol. The van der Waals surface area contributed by atoms with E-state index in [-0.39, 0.29) is 11.3 Å². The number of aromatic nitrogens is 1. The van der Waals surface area contributed by atoms with Crippen molar-refractivity contribution in [3.8, 4) is 0 Å². The Bertz CT molecular complexity index is 676. The molecule has 142 valence electrons. The van der Waals surface area contributed by atoms with Crippen LogP contribution in [0.25, 0.3) is 0 Å². The molecule has 6 nitrogen and oxygen atoms in total. The van der Waals surface area contributed by atoms with Crippen LogP contribution in [0.5, 0.6) is 0 Å². The van der Waals surface area contributed by atoms with E-state index in [9.17, 15) is 9.59 Å². The molecule has 0 radical (unpaired) electrons. The molecule has 2 fully saturated rings. The lowest BCUT2D eigenvalue weighted by atomic mass is 9.73. The van der Waals surface area contributed by atoms with Gasteiger partial charge in [0.2, 0.25) is 5.91 Å². The number of nitrogens with two attached hydrogens (primary N) is 1. The minimum atomic E-state index is -0.440. The van der Waals surface area contributed by atoms with Crippen molar-refractivity contribution in [3.63, 3.8) is 0 Å². The summed E-state index contributed by atoms with van der Waals surface area (Å²) in [5.74, 6) is 1.12. The zero-order valence-electron chi connectivity index (χ0n) is 15.9. The maximum absolute atomic E-state index is 12.4. The van der Waals surface area contributed by atoms with Crippen molar-refractivity contribution in [2.45, 2.75) is 46.0 Å². The van der Waals surface area contributed by atoms with Crippen LogP contribution in [-0.2, 0) is 4.79 Å². The lowest BCUT2D eigenvalue weighted by molar-refractivity contribution is -0.138. The number of hydrogen-bond donors (Lipinski definition) is 1. The first-order valence-electron chi connectivity index (χ1n) is 9.68. The number of hydrogen-bond acceptors (Lipinski definition) is 4. The standard InChI is InChI=1S/C20H30N4O2/c1-15(2)7-12-23-13-20(9-6-17(23)25)8-4-11-24(14-20)19-16(18(21)26)5-3-10-22-19/h3,5,10,15H,4,6-9,11-14H2,1-2H3,(H2,21,26)/t20-/m1/s1. The third kappa shape index (κ3) is 4.00. The smallest absolute Gasteiger partial charge is 0.252 e. The first-order chi connectivity index (χ1) is 12.4. The van der Waals surface area contributed by atoms with Crippen LogP contribution in [0.15, 0.2) is 18.3 Å². The van der Waals surface area contributed by atoms with Gasteiger partial charge in [-0.05, 0) is 43.7 Å². The lowest BCUT2D eigenvalue weighted by Gasteiger charge is -2.48. The van der Waals surface area contributed by atoms with E-state index >= 15 is 0 Å². The van der Waals surface area contributed by atoms with E-state index in [4.69, 9.17) is 5.73 Å². The molecule has 1 aromatic heterocycles. The highest BCUT2D eigenvalue weighted by Gasteiger charge is 2.42. The van der Waals surface area contributed by atoms with Gasteiger partial charge >= 0.3 is 0 Å². The number of carbonyl (C=O) groups is 2. The van der Waals surface area contributed by atoms with E-state index in [1.807, 2.05) is 0 Å². The van der Waals surface area contributed by atoms with E-state index in [0.29, 0.717) is 23.7 Å². The van der Waals surface area contributed by atoms with Crippen LogP contribution in [0.1, 0.15) is 56.3 Å². The Labute approximate surface area is 155 Å². The summed E-state index contributed by atoms with van der Waals surface area (Å²) in [6, 6.07) is 3.49. The van der Waals surface area contributed by atoms with Gasteiger partial charge in [-0.2, -0.15) is 0 Å². The number of pyridine rings is 1. The van der Waals surface area contributed by atoms with Gasteiger partial charge in [0.15, 0.2) is 0 Å². The summed E-state index contributed by atoms with van der Waals surface area (Å²) in [5.41, 5.74) is 6.11. The number of rotatable bonds is 5. The highest BCUT2D eigenvalue weighted by Crippen LogP contribution is 2.40. The van der Waals surface area contributed by atoms with Crippen LogP contribution < -0.4 is 10.6 Å². The third-order valence-corrected chi connectivity index (χ3v) is 5.74.